The molecular weight excluding hydrogens is 252 g/mol. The maximum atomic E-state index is 3.89. The van der Waals surface area contributed by atoms with Gasteiger partial charge in [-0.1, -0.05) is 97.3 Å². The standard InChI is InChI=1S/C21H38/c1-3-5-7-9-11-13-15-17-19-21-20-18-16-14-12-10-8-6-4-2/h1-7,9,11-21H2. The summed E-state index contributed by atoms with van der Waals surface area (Å²) in [7, 11) is 0. The molecule has 0 rings (SSSR count). The smallest absolute Gasteiger partial charge is 0.00886 e. The highest BCUT2D eigenvalue weighted by molar-refractivity contribution is 4.98. The topological polar surface area (TPSA) is 0 Å². The van der Waals surface area contributed by atoms with Gasteiger partial charge in [0.1, 0.15) is 0 Å². The number of rotatable bonds is 15. The van der Waals surface area contributed by atoms with E-state index in [1.54, 1.807) is 0 Å². The van der Waals surface area contributed by atoms with Gasteiger partial charge in [0.25, 0.3) is 0 Å². The van der Waals surface area contributed by atoms with E-state index in [-0.39, 0.29) is 0 Å². The van der Waals surface area contributed by atoms with Gasteiger partial charge in [0, 0.05) is 12.8 Å². The highest BCUT2D eigenvalue weighted by Crippen LogP contribution is 2.13. The molecule has 0 aliphatic rings. The molecule has 0 amide bonds. The number of unbranched alkanes of at least 4 members (excludes halogenated alkanes) is 15. The summed E-state index contributed by atoms with van der Waals surface area (Å²) in [5.41, 5.74) is 0. The summed E-state index contributed by atoms with van der Waals surface area (Å²) < 4.78 is 0. The second-order valence-corrected chi connectivity index (χ2v) is 6.16. The lowest BCUT2D eigenvalue weighted by molar-refractivity contribution is 0.538. The van der Waals surface area contributed by atoms with Gasteiger partial charge in [-0.25, -0.2) is 0 Å². The van der Waals surface area contributed by atoms with Crippen molar-refractivity contribution < 1.29 is 0 Å². The van der Waals surface area contributed by atoms with Crippen molar-refractivity contribution in [3.63, 3.8) is 0 Å². The molecule has 0 atom stereocenters. The first-order valence-electron chi connectivity index (χ1n) is 9.46. The molecule has 0 aromatic heterocycles. The minimum Gasteiger partial charge on any atom is -0.103 e. The average Bonchev–Trinajstić information content (AvgIpc) is 2.50. The molecule has 0 bridgehead atoms. The van der Waals surface area contributed by atoms with Crippen LogP contribution in [0.5, 0.6) is 0 Å². The third kappa shape index (κ3) is 19.6. The van der Waals surface area contributed by atoms with E-state index in [0.29, 0.717) is 0 Å². The van der Waals surface area contributed by atoms with Gasteiger partial charge in [0.15, 0.2) is 0 Å². The normalized spacial score (nSPS) is 10.4. The van der Waals surface area contributed by atoms with Gasteiger partial charge in [-0.2, -0.15) is 0 Å². The van der Waals surface area contributed by atoms with E-state index in [9.17, 15) is 0 Å². The lowest BCUT2D eigenvalue weighted by Crippen LogP contribution is -1.83. The van der Waals surface area contributed by atoms with Crippen molar-refractivity contribution in [2.75, 3.05) is 0 Å². The van der Waals surface area contributed by atoms with E-state index in [2.05, 4.69) is 25.7 Å². The van der Waals surface area contributed by atoms with Crippen molar-refractivity contribution in [3.8, 4) is 11.8 Å². The fourth-order valence-electron chi connectivity index (χ4n) is 2.60. The summed E-state index contributed by atoms with van der Waals surface area (Å²) in [6.45, 7) is 7.68. The van der Waals surface area contributed by atoms with E-state index >= 15 is 0 Å². The monoisotopic (exact) mass is 290 g/mol. The van der Waals surface area contributed by atoms with Gasteiger partial charge >= 0.3 is 0 Å². The van der Waals surface area contributed by atoms with Crippen LogP contribution in [0.25, 0.3) is 0 Å². The molecule has 0 aliphatic carbocycles. The second kappa shape index (κ2) is 19.6. The van der Waals surface area contributed by atoms with Gasteiger partial charge in [-0.05, 0) is 12.8 Å². The molecule has 0 aromatic carbocycles. The van der Waals surface area contributed by atoms with E-state index in [1.807, 2.05) is 0 Å². The molecule has 0 spiro atoms. The fraction of sp³-hybridized carbons (Fsp3) is 0.810. The molecule has 0 nitrogen and oxygen atoms in total. The van der Waals surface area contributed by atoms with Crippen LogP contribution in [0.4, 0.5) is 0 Å². The van der Waals surface area contributed by atoms with Crippen molar-refractivity contribution in [1.29, 1.82) is 0 Å². The van der Waals surface area contributed by atoms with Gasteiger partial charge < -0.3 is 0 Å². The van der Waals surface area contributed by atoms with Crippen LogP contribution in [0, 0.1) is 25.7 Å². The Morgan fingerprint density at radius 2 is 0.762 bits per heavy atom. The van der Waals surface area contributed by atoms with Gasteiger partial charge in [0.2, 0.25) is 0 Å². The quantitative estimate of drug-likeness (QED) is 0.219. The van der Waals surface area contributed by atoms with Crippen molar-refractivity contribution in [3.05, 3.63) is 13.8 Å². The highest BCUT2D eigenvalue weighted by atomic mass is 14.0. The molecule has 0 unspecified atom stereocenters. The van der Waals surface area contributed by atoms with E-state index in [4.69, 9.17) is 0 Å². The van der Waals surface area contributed by atoms with Crippen LogP contribution in [0.1, 0.15) is 109 Å². The zero-order valence-corrected chi connectivity index (χ0v) is 14.4. The summed E-state index contributed by atoms with van der Waals surface area (Å²) in [4.78, 5) is 0. The molecule has 0 aliphatic heterocycles. The third-order valence-electron chi connectivity index (χ3n) is 3.98. The van der Waals surface area contributed by atoms with Crippen LogP contribution in [0.3, 0.4) is 0 Å². The number of hydrogen-bond acceptors (Lipinski definition) is 0. The molecule has 0 fully saturated rings. The van der Waals surface area contributed by atoms with Crippen LogP contribution in [-0.2, 0) is 0 Å². The molecule has 0 heterocycles. The molecule has 21 heavy (non-hydrogen) atoms. The second-order valence-electron chi connectivity index (χ2n) is 6.16. The molecule has 0 aromatic rings. The molecule has 0 heteroatoms. The SMILES string of the molecule is [CH2]CCC#CCCCCCCCCCCCCCCC[CH2]. The van der Waals surface area contributed by atoms with Gasteiger partial charge in [-0.3, -0.25) is 0 Å². The zero-order valence-electron chi connectivity index (χ0n) is 14.4. The van der Waals surface area contributed by atoms with E-state index in [0.717, 1.165) is 25.7 Å². The van der Waals surface area contributed by atoms with Gasteiger partial charge in [0.05, 0.1) is 0 Å². The Morgan fingerprint density at radius 3 is 1.19 bits per heavy atom. The van der Waals surface area contributed by atoms with Crippen molar-refractivity contribution in [1.82, 2.24) is 0 Å². The van der Waals surface area contributed by atoms with E-state index in [1.165, 1.54) is 83.5 Å². The molecule has 0 saturated heterocycles. The molecule has 0 N–H and O–H groups in total. The van der Waals surface area contributed by atoms with Gasteiger partial charge in [-0.15, -0.1) is 11.8 Å². The predicted molar refractivity (Wildman–Crippen MR) is 97.0 cm³/mol. The Hall–Kier alpha value is -0.440. The largest absolute Gasteiger partial charge is 0.103 e. The average molecular weight is 291 g/mol. The maximum absolute atomic E-state index is 3.89. The van der Waals surface area contributed by atoms with Crippen LogP contribution in [-0.4, -0.2) is 0 Å². The first-order chi connectivity index (χ1) is 10.4. The summed E-state index contributed by atoms with van der Waals surface area (Å²) in [5, 5.41) is 0. The Kier molecular flexibility index (Phi) is 19.2. The van der Waals surface area contributed by atoms with E-state index < -0.39 is 0 Å². The minimum absolute atomic E-state index is 0.948. The Bertz CT molecular complexity index is 230. The molecule has 0 saturated carbocycles. The molecular formula is C21H38. The molecule has 2 radical (unpaired) electrons. The first-order valence-corrected chi connectivity index (χ1v) is 9.46. The fourth-order valence-corrected chi connectivity index (χ4v) is 2.60. The maximum Gasteiger partial charge on any atom is 0.00886 e. The molecule has 122 valence electrons. The lowest BCUT2D eigenvalue weighted by atomic mass is 10.0. The first kappa shape index (κ1) is 20.6. The summed E-state index contributed by atoms with van der Waals surface area (Å²) in [5.74, 6) is 6.40. The lowest BCUT2D eigenvalue weighted by Gasteiger charge is -2.02. The summed E-state index contributed by atoms with van der Waals surface area (Å²) in [6.07, 6.45) is 22.4. The van der Waals surface area contributed by atoms with Crippen LogP contribution < -0.4 is 0 Å². The zero-order chi connectivity index (χ0) is 15.4. The van der Waals surface area contributed by atoms with Crippen LogP contribution in [0.2, 0.25) is 0 Å². The summed E-state index contributed by atoms with van der Waals surface area (Å²) >= 11 is 0. The van der Waals surface area contributed by atoms with Crippen LogP contribution in [0.15, 0.2) is 0 Å². The minimum atomic E-state index is 0.948. The summed E-state index contributed by atoms with van der Waals surface area (Å²) in [6, 6.07) is 0. The third-order valence-corrected chi connectivity index (χ3v) is 3.98. The number of hydrogen-bond donors (Lipinski definition) is 0. The highest BCUT2D eigenvalue weighted by Gasteiger charge is 1.93. The van der Waals surface area contributed by atoms with Crippen molar-refractivity contribution >= 4 is 0 Å². The van der Waals surface area contributed by atoms with Crippen LogP contribution >= 0.6 is 0 Å². The predicted octanol–water partition coefficient (Wildman–Crippen LogP) is 7.29. The Labute approximate surface area is 135 Å². The van der Waals surface area contributed by atoms with Crippen molar-refractivity contribution in [2.45, 2.75) is 109 Å². The Balaban J connectivity index is 2.98. The Morgan fingerprint density at radius 1 is 0.381 bits per heavy atom. The van der Waals surface area contributed by atoms with Crippen molar-refractivity contribution in [2.24, 2.45) is 0 Å².